The summed E-state index contributed by atoms with van der Waals surface area (Å²) in [6.07, 6.45) is 4.41. The number of hydrogen-bond donors (Lipinski definition) is 1. The molecule has 1 aliphatic rings. The Balaban J connectivity index is 1.80. The van der Waals surface area contributed by atoms with Crippen LogP contribution in [0.4, 0.5) is 5.69 Å². The van der Waals surface area contributed by atoms with Crippen LogP contribution in [0.5, 0.6) is 0 Å². The Morgan fingerprint density at radius 1 is 1.39 bits per heavy atom. The van der Waals surface area contributed by atoms with E-state index in [4.69, 9.17) is 5.73 Å². The molecule has 2 N–H and O–H groups in total. The highest BCUT2D eigenvalue weighted by Crippen LogP contribution is 2.05. The maximum atomic E-state index is 12.0. The summed E-state index contributed by atoms with van der Waals surface area (Å²) in [5, 5.41) is 4.03. The molecule has 6 heteroatoms. The fourth-order valence-electron chi connectivity index (χ4n) is 2.24. The molecule has 2 heterocycles. The molecule has 1 aromatic heterocycles. The normalized spacial score (nSPS) is 17.1. The van der Waals surface area contributed by atoms with E-state index in [-0.39, 0.29) is 12.5 Å². The van der Waals surface area contributed by atoms with Crippen LogP contribution in [-0.2, 0) is 11.3 Å². The van der Waals surface area contributed by atoms with Gasteiger partial charge in [0.25, 0.3) is 0 Å². The van der Waals surface area contributed by atoms with Gasteiger partial charge in [-0.2, -0.15) is 5.10 Å². The van der Waals surface area contributed by atoms with Crippen molar-refractivity contribution in [2.24, 2.45) is 0 Å². The molecule has 1 saturated heterocycles. The lowest BCUT2D eigenvalue weighted by Crippen LogP contribution is -2.49. The Morgan fingerprint density at radius 2 is 2.11 bits per heavy atom. The van der Waals surface area contributed by atoms with E-state index >= 15 is 0 Å². The molecule has 0 saturated carbocycles. The third-order valence-electron chi connectivity index (χ3n) is 3.22. The highest BCUT2D eigenvalue weighted by Gasteiger charge is 2.20. The molecule has 18 heavy (non-hydrogen) atoms. The zero-order chi connectivity index (χ0) is 13.0. The molecule has 0 bridgehead atoms. The molecule has 0 radical (unpaired) electrons. The van der Waals surface area contributed by atoms with E-state index in [0.29, 0.717) is 5.69 Å². The van der Waals surface area contributed by atoms with Gasteiger partial charge in [-0.25, -0.2) is 0 Å². The third kappa shape index (κ3) is 3.22. The number of carbonyl (C=O) groups is 1. The summed E-state index contributed by atoms with van der Waals surface area (Å²) in [5.41, 5.74) is 6.16. The zero-order valence-electron chi connectivity index (χ0n) is 10.9. The van der Waals surface area contributed by atoms with Crippen LogP contribution in [0.3, 0.4) is 0 Å². The first-order valence-corrected chi connectivity index (χ1v) is 6.47. The van der Waals surface area contributed by atoms with E-state index in [0.717, 1.165) is 32.7 Å². The topological polar surface area (TPSA) is 67.4 Å². The van der Waals surface area contributed by atoms with Crippen molar-refractivity contribution in [3.8, 4) is 0 Å². The Morgan fingerprint density at radius 3 is 2.67 bits per heavy atom. The van der Waals surface area contributed by atoms with Crippen molar-refractivity contribution in [2.75, 3.05) is 38.5 Å². The van der Waals surface area contributed by atoms with Gasteiger partial charge in [-0.05, 0) is 13.0 Å². The Labute approximate surface area is 107 Å². The second-order valence-electron chi connectivity index (χ2n) is 4.69. The van der Waals surface area contributed by atoms with Gasteiger partial charge in [0.05, 0.1) is 11.9 Å². The monoisotopic (exact) mass is 251 g/mol. The molecule has 2 rings (SSSR count). The van der Waals surface area contributed by atoms with E-state index in [9.17, 15) is 4.79 Å². The average molecular weight is 251 g/mol. The van der Waals surface area contributed by atoms with Gasteiger partial charge < -0.3 is 10.6 Å². The first-order chi connectivity index (χ1) is 8.69. The first-order valence-electron chi connectivity index (χ1n) is 6.47. The third-order valence-corrected chi connectivity index (χ3v) is 3.22. The van der Waals surface area contributed by atoms with Gasteiger partial charge in [0.1, 0.15) is 6.54 Å². The van der Waals surface area contributed by atoms with Crippen LogP contribution in [0, 0.1) is 0 Å². The summed E-state index contributed by atoms with van der Waals surface area (Å²) in [4.78, 5) is 16.4. The summed E-state index contributed by atoms with van der Waals surface area (Å²) in [5.74, 6) is 0.120. The summed E-state index contributed by atoms with van der Waals surface area (Å²) in [6.45, 7) is 7.16. The number of anilines is 1. The molecule has 0 unspecified atom stereocenters. The second-order valence-corrected chi connectivity index (χ2v) is 4.69. The maximum Gasteiger partial charge on any atom is 0.244 e. The van der Waals surface area contributed by atoms with E-state index in [1.165, 1.54) is 6.42 Å². The minimum atomic E-state index is 0.120. The maximum absolute atomic E-state index is 12.0. The minimum Gasteiger partial charge on any atom is -0.396 e. The number of nitrogens with two attached hydrogens (primary N) is 1. The standard InChI is InChI=1S/C12H21N5O/c1-2-3-15-4-6-16(7-5-15)12(18)10-17-9-11(13)8-14-17/h8-9H,2-7,10,13H2,1H3. The van der Waals surface area contributed by atoms with Crippen LogP contribution in [0.15, 0.2) is 12.4 Å². The van der Waals surface area contributed by atoms with Crippen molar-refractivity contribution in [1.29, 1.82) is 0 Å². The van der Waals surface area contributed by atoms with Gasteiger partial charge >= 0.3 is 0 Å². The largest absolute Gasteiger partial charge is 0.396 e. The summed E-state index contributed by atoms with van der Waals surface area (Å²) >= 11 is 0. The van der Waals surface area contributed by atoms with Gasteiger partial charge in [0.2, 0.25) is 5.91 Å². The van der Waals surface area contributed by atoms with E-state index in [1.807, 2.05) is 4.90 Å². The fourth-order valence-corrected chi connectivity index (χ4v) is 2.24. The average Bonchev–Trinajstić information content (AvgIpc) is 2.76. The van der Waals surface area contributed by atoms with Crippen LogP contribution >= 0.6 is 0 Å². The van der Waals surface area contributed by atoms with Crippen LogP contribution in [-0.4, -0.2) is 58.2 Å². The molecule has 0 spiro atoms. The van der Waals surface area contributed by atoms with Gasteiger partial charge in [0, 0.05) is 32.4 Å². The van der Waals surface area contributed by atoms with Crippen LogP contribution in [0.2, 0.25) is 0 Å². The Kier molecular flexibility index (Phi) is 4.19. The number of nitrogens with zero attached hydrogens (tertiary/aromatic N) is 4. The van der Waals surface area contributed by atoms with Gasteiger partial charge in [-0.1, -0.05) is 6.92 Å². The number of amides is 1. The number of carbonyl (C=O) groups excluding carboxylic acids is 1. The number of aromatic nitrogens is 2. The molecule has 0 aromatic carbocycles. The van der Waals surface area contributed by atoms with Gasteiger partial charge in [0.15, 0.2) is 0 Å². The molecular formula is C12H21N5O. The highest BCUT2D eigenvalue weighted by molar-refractivity contribution is 5.76. The SMILES string of the molecule is CCCN1CCN(C(=O)Cn2cc(N)cn2)CC1. The second kappa shape index (κ2) is 5.86. The van der Waals surface area contributed by atoms with Crippen molar-refractivity contribution in [1.82, 2.24) is 19.6 Å². The minimum absolute atomic E-state index is 0.120. The van der Waals surface area contributed by atoms with E-state index in [1.54, 1.807) is 17.1 Å². The van der Waals surface area contributed by atoms with Crippen LogP contribution < -0.4 is 5.73 Å². The van der Waals surface area contributed by atoms with E-state index < -0.39 is 0 Å². The quantitative estimate of drug-likeness (QED) is 0.819. The Hall–Kier alpha value is -1.56. The molecule has 0 aliphatic carbocycles. The lowest BCUT2D eigenvalue weighted by atomic mass is 10.3. The predicted molar refractivity (Wildman–Crippen MR) is 70.0 cm³/mol. The number of rotatable bonds is 4. The fraction of sp³-hybridized carbons (Fsp3) is 0.667. The summed E-state index contributed by atoms with van der Waals surface area (Å²) in [7, 11) is 0. The molecule has 6 nitrogen and oxygen atoms in total. The van der Waals surface area contributed by atoms with Crippen molar-refractivity contribution in [3.63, 3.8) is 0 Å². The lowest BCUT2D eigenvalue weighted by Gasteiger charge is -2.34. The van der Waals surface area contributed by atoms with Crippen molar-refractivity contribution in [3.05, 3.63) is 12.4 Å². The van der Waals surface area contributed by atoms with Crippen molar-refractivity contribution in [2.45, 2.75) is 19.9 Å². The zero-order valence-corrected chi connectivity index (χ0v) is 10.9. The molecule has 100 valence electrons. The van der Waals surface area contributed by atoms with Crippen molar-refractivity contribution < 1.29 is 4.79 Å². The highest BCUT2D eigenvalue weighted by atomic mass is 16.2. The van der Waals surface area contributed by atoms with Gasteiger partial charge in [-0.3, -0.25) is 14.4 Å². The number of nitrogen functional groups attached to an aromatic ring is 1. The molecule has 1 amide bonds. The molecule has 1 aromatic rings. The summed E-state index contributed by atoms with van der Waals surface area (Å²) in [6, 6.07) is 0. The molecule has 1 aliphatic heterocycles. The first kappa shape index (κ1) is 12.9. The number of piperazine rings is 1. The number of hydrogen-bond acceptors (Lipinski definition) is 4. The van der Waals surface area contributed by atoms with Crippen LogP contribution in [0.1, 0.15) is 13.3 Å². The Bertz CT molecular complexity index is 395. The van der Waals surface area contributed by atoms with Crippen molar-refractivity contribution >= 4 is 11.6 Å². The lowest BCUT2D eigenvalue weighted by molar-refractivity contribution is -0.133. The van der Waals surface area contributed by atoms with Gasteiger partial charge in [-0.15, -0.1) is 0 Å². The molecule has 0 atom stereocenters. The summed E-state index contributed by atoms with van der Waals surface area (Å²) < 4.78 is 1.59. The predicted octanol–water partition coefficient (Wildman–Crippen LogP) is 0.0195. The molecule has 1 fully saturated rings. The van der Waals surface area contributed by atoms with E-state index in [2.05, 4.69) is 16.9 Å². The smallest absolute Gasteiger partial charge is 0.244 e. The van der Waals surface area contributed by atoms with Crippen LogP contribution in [0.25, 0.3) is 0 Å². The molecular weight excluding hydrogens is 230 g/mol.